The van der Waals surface area contributed by atoms with E-state index >= 15 is 0 Å². The first-order valence-corrected chi connectivity index (χ1v) is 5.02. The zero-order valence-corrected chi connectivity index (χ0v) is 9.86. The second kappa shape index (κ2) is 5.51. The third-order valence-corrected chi connectivity index (χ3v) is 2.18. The minimum atomic E-state index is -2.23. The number of benzene rings is 1. The maximum absolute atomic E-state index is 13.3. The summed E-state index contributed by atoms with van der Waals surface area (Å²) in [5, 5.41) is 0. The molecular formula is C11H11F5O2. The molecule has 0 N–H and O–H groups in total. The summed E-state index contributed by atoms with van der Waals surface area (Å²) in [6.45, 7) is 3.19. The fourth-order valence-corrected chi connectivity index (χ4v) is 1.26. The van der Waals surface area contributed by atoms with Crippen LogP contribution in [0.15, 0.2) is 0 Å². The zero-order valence-electron chi connectivity index (χ0n) is 9.86. The number of rotatable bonds is 4. The molecule has 0 heterocycles. The van der Waals surface area contributed by atoms with E-state index in [1.54, 1.807) is 13.8 Å². The molecule has 0 aliphatic rings. The summed E-state index contributed by atoms with van der Waals surface area (Å²) in [6.07, 6.45) is -1.13. The van der Waals surface area contributed by atoms with Crippen molar-refractivity contribution in [2.75, 3.05) is 7.11 Å². The lowest BCUT2D eigenvalue weighted by atomic mass is 10.2. The summed E-state index contributed by atoms with van der Waals surface area (Å²) in [5.74, 6) is -12.1. The second-order valence-corrected chi connectivity index (χ2v) is 3.86. The Kier molecular flexibility index (Phi) is 4.50. The van der Waals surface area contributed by atoms with E-state index in [1.165, 1.54) is 7.11 Å². The Morgan fingerprint density at radius 2 is 1.17 bits per heavy atom. The van der Waals surface area contributed by atoms with Gasteiger partial charge >= 0.3 is 0 Å². The van der Waals surface area contributed by atoms with Gasteiger partial charge in [-0.15, -0.1) is 0 Å². The molecule has 0 aliphatic carbocycles. The van der Waals surface area contributed by atoms with Gasteiger partial charge in [0.05, 0.1) is 0 Å². The van der Waals surface area contributed by atoms with Crippen LogP contribution in [-0.4, -0.2) is 13.4 Å². The molecule has 0 spiro atoms. The van der Waals surface area contributed by atoms with Crippen LogP contribution in [0.2, 0.25) is 0 Å². The van der Waals surface area contributed by atoms with Crippen LogP contribution in [-0.2, 0) is 4.74 Å². The molecule has 0 aliphatic heterocycles. The van der Waals surface area contributed by atoms with Crippen molar-refractivity contribution in [1.29, 1.82) is 0 Å². The molecule has 0 amide bonds. The molecular weight excluding hydrogens is 259 g/mol. The number of halogens is 5. The van der Waals surface area contributed by atoms with Crippen molar-refractivity contribution in [2.24, 2.45) is 5.92 Å². The van der Waals surface area contributed by atoms with Crippen LogP contribution in [0.4, 0.5) is 22.0 Å². The molecule has 102 valence electrons. The van der Waals surface area contributed by atoms with Crippen molar-refractivity contribution in [3.8, 4) is 5.75 Å². The fraction of sp³-hybridized carbons (Fsp3) is 0.455. The predicted octanol–water partition coefficient (Wildman–Crippen LogP) is 3.39. The van der Waals surface area contributed by atoms with Crippen molar-refractivity contribution >= 4 is 0 Å². The van der Waals surface area contributed by atoms with Gasteiger partial charge in [0.25, 0.3) is 0 Å². The largest absolute Gasteiger partial charge is 0.458 e. The molecule has 1 rings (SSSR count). The quantitative estimate of drug-likeness (QED) is 0.361. The number of ether oxygens (including phenoxy) is 2. The average Bonchev–Trinajstić information content (AvgIpc) is 2.34. The highest BCUT2D eigenvalue weighted by molar-refractivity contribution is 5.29. The fourth-order valence-electron chi connectivity index (χ4n) is 1.26. The lowest BCUT2D eigenvalue weighted by Crippen LogP contribution is -2.26. The van der Waals surface area contributed by atoms with Crippen LogP contribution in [0.3, 0.4) is 0 Å². The van der Waals surface area contributed by atoms with Crippen LogP contribution in [0.1, 0.15) is 13.8 Å². The molecule has 0 radical (unpaired) electrons. The first-order chi connectivity index (χ1) is 8.31. The molecule has 1 aromatic carbocycles. The summed E-state index contributed by atoms with van der Waals surface area (Å²) in [6, 6.07) is 0. The van der Waals surface area contributed by atoms with Gasteiger partial charge in [-0.2, -0.15) is 8.78 Å². The summed E-state index contributed by atoms with van der Waals surface area (Å²) >= 11 is 0. The second-order valence-electron chi connectivity index (χ2n) is 3.86. The molecule has 2 nitrogen and oxygen atoms in total. The molecule has 0 fully saturated rings. The Labute approximate surface area is 100 Å². The van der Waals surface area contributed by atoms with Crippen molar-refractivity contribution in [2.45, 2.75) is 20.1 Å². The Morgan fingerprint density at radius 1 is 0.778 bits per heavy atom. The SMILES string of the molecule is COC(Oc1c(F)c(F)c(F)c(F)c1F)C(C)C. The number of methoxy groups -OCH3 is 1. The standard InChI is InChI=1S/C11H11F5O2/c1-4(2)11(17-3)18-10-8(15)6(13)5(12)7(14)9(10)16/h4,11H,1-3H3. The molecule has 0 aromatic heterocycles. The van der Waals surface area contributed by atoms with Gasteiger partial charge in [-0.05, 0) is 0 Å². The van der Waals surface area contributed by atoms with Crippen molar-refractivity contribution < 1.29 is 31.4 Å². The molecule has 0 saturated heterocycles. The van der Waals surface area contributed by atoms with E-state index in [4.69, 9.17) is 4.74 Å². The Hall–Kier alpha value is -1.37. The van der Waals surface area contributed by atoms with Crippen LogP contribution in [0, 0.1) is 35.0 Å². The topological polar surface area (TPSA) is 18.5 Å². The van der Waals surface area contributed by atoms with E-state index in [-0.39, 0.29) is 5.92 Å². The predicted molar refractivity (Wildman–Crippen MR) is 52.5 cm³/mol. The first kappa shape index (κ1) is 14.7. The highest BCUT2D eigenvalue weighted by atomic mass is 19.2. The van der Waals surface area contributed by atoms with Gasteiger partial charge in [0.15, 0.2) is 5.75 Å². The maximum atomic E-state index is 13.3. The summed E-state index contributed by atoms with van der Waals surface area (Å²) in [7, 11) is 1.19. The van der Waals surface area contributed by atoms with Crippen LogP contribution in [0.5, 0.6) is 5.75 Å². The minimum absolute atomic E-state index is 0.343. The van der Waals surface area contributed by atoms with Crippen LogP contribution < -0.4 is 4.74 Å². The van der Waals surface area contributed by atoms with Crippen molar-refractivity contribution in [3.05, 3.63) is 29.1 Å². The number of hydrogen-bond acceptors (Lipinski definition) is 2. The first-order valence-electron chi connectivity index (χ1n) is 5.02. The average molecular weight is 270 g/mol. The van der Waals surface area contributed by atoms with Crippen LogP contribution >= 0.6 is 0 Å². The van der Waals surface area contributed by atoms with Gasteiger partial charge in [0.2, 0.25) is 35.4 Å². The Balaban J connectivity index is 3.25. The minimum Gasteiger partial charge on any atom is -0.458 e. The lowest BCUT2D eigenvalue weighted by molar-refractivity contribution is -0.0876. The summed E-state index contributed by atoms with van der Waals surface area (Å²) in [5.41, 5.74) is 0. The zero-order chi connectivity index (χ0) is 14.0. The molecule has 0 bridgehead atoms. The van der Waals surface area contributed by atoms with E-state index < -0.39 is 41.1 Å². The van der Waals surface area contributed by atoms with Gasteiger partial charge in [0, 0.05) is 13.0 Å². The van der Waals surface area contributed by atoms with Gasteiger partial charge in [-0.1, -0.05) is 13.8 Å². The smallest absolute Gasteiger partial charge is 0.207 e. The maximum Gasteiger partial charge on any atom is 0.207 e. The van der Waals surface area contributed by atoms with Gasteiger partial charge in [0.1, 0.15) is 0 Å². The van der Waals surface area contributed by atoms with Crippen LogP contribution in [0.25, 0.3) is 0 Å². The summed E-state index contributed by atoms with van der Waals surface area (Å²) < 4.78 is 74.5. The van der Waals surface area contributed by atoms with E-state index in [1.807, 2.05) is 0 Å². The third kappa shape index (κ3) is 2.55. The highest BCUT2D eigenvalue weighted by Crippen LogP contribution is 2.30. The van der Waals surface area contributed by atoms with E-state index in [9.17, 15) is 22.0 Å². The number of hydrogen-bond donors (Lipinski definition) is 0. The van der Waals surface area contributed by atoms with Crippen molar-refractivity contribution in [3.63, 3.8) is 0 Å². The molecule has 18 heavy (non-hydrogen) atoms. The molecule has 0 saturated carbocycles. The Morgan fingerprint density at radius 3 is 1.50 bits per heavy atom. The normalized spacial score (nSPS) is 12.9. The third-order valence-electron chi connectivity index (χ3n) is 2.18. The van der Waals surface area contributed by atoms with E-state index in [2.05, 4.69) is 4.74 Å². The Bertz CT molecular complexity index is 419. The van der Waals surface area contributed by atoms with E-state index in [0.29, 0.717) is 0 Å². The lowest BCUT2D eigenvalue weighted by Gasteiger charge is -2.21. The van der Waals surface area contributed by atoms with Gasteiger partial charge in [-0.25, -0.2) is 13.2 Å². The van der Waals surface area contributed by atoms with Crippen molar-refractivity contribution in [1.82, 2.24) is 0 Å². The highest BCUT2D eigenvalue weighted by Gasteiger charge is 2.29. The van der Waals surface area contributed by atoms with E-state index in [0.717, 1.165) is 0 Å². The van der Waals surface area contributed by atoms with Gasteiger partial charge < -0.3 is 9.47 Å². The monoisotopic (exact) mass is 270 g/mol. The van der Waals surface area contributed by atoms with Gasteiger partial charge in [-0.3, -0.25) is 0 Å². The molecule has 1 unspecified atom stereocenters. The summed E-state index contributed by atoms with van der Waals surface area (Å²) in [4.78, 5) is 0. The molecule has 1 atom stereocenters. The molecule has 7 heteroatoms. The molecule has 1 aromatic rings.